The van der Waals surface area contributed by atoms with Gasteiger partial charge in [0.15, 0.2) is 0 Å². The van der Waals surface area contributed by atoms with Crippen LogP contribution in [-0.2, 0) is 18.5 Å². The number of nitrogens with zero attached hydrogens (tertiary/aromatic N) is 4. The van der Waals surface area contributed by atoms with Crippen LogP contribution in [0.5, 0.6) is 0 Å². The highest BCUT2D eigenvalue weighted by Gasteiger charge is 2.26. The summed E-state index contributed by atoms with van der Waals surface area (Å²) in [6.45, 7) is 18.5. The average Bonchev–Trinajstić information content (AvgIpc) is 3.27. The lowest BCUT2D eigenvalue weighted by Gasteiger charge is -2.39. The molecular weight excluding hydrogens is 442 g/mol. The first-order valence-corrected chi connectivity index (χ1v) is 13.7. The molecule has 36 heavy (non-hydrogen) atoms. The first-order chi connectivity index (χ1) is 17.3. The van der Waals surface area contributed by atoms with E-state index >= 15 is 0 Å². The van der Waals surface area contributed by atoms with Crippen LogP contribution >= 0.6 is 0 Å². The number of piperazine rings is 1. The van der Waals surface area contributed by atoms with Crippen molar-refractivity contribution in [2.45, 2.75) is 59.2 Å². The monoisotopic (exact) mass is 487 g/mol. The molecule has 0 aliphatic carbocycles. The van der Waals surface area contributed by atoms with E-state index in [0.29, 0.717) is 12.0 Å². The number of benzene rings is 2. The van der Waals surface area contributed by atoms with Crippen molar-refractivity contribution in [1.29, 1.82) is 0 Å². The van der Waals surface area contributed by atoms with Crippen LogP contribution in [0.3, 0.4) is 0 Å². The maximum atomic E-state index is 4.94. The zero-order valence-corrected chi connectivity index (χ0v) is 23.0. The second kappa shape index (κ2) is 12.2. The van der Waals surface area contributed by atoms with E-state index in [2.05, 4.69) is 121 Å². The van der Waals surface area contributed by atoms with E-state index in [4.69, 9.17) is 5.10 Å². The topological polar surface area (TPSA) is 36.3 Å². The molecular formula is C31H45N5. The molecule has 1 N–H and O–H groups in total. The van der Waals surface area contributed by atoms with Crippen molar-refractivity contribution in [3.05, 3.63) is 89.2 Å². The Balaban J connectivity index is 1.28. The smallest absolute Gasteiger partial charge is 0.0765 e. The number of hydrogen-bond donors (Lipinski definition) is 1. The third kappa shape index (κ3) is 7.06. The van der Waals surface area contributed by atoms with Crippen LogP contribution < -0.4 is 5.32 Å². The summed E-state index contributed by atoms with van der Waals surface area (Å²) in [5.41, 5.74) is 5.27. The van der Waals surface area contributed by atoms with Crippen LogP contribution in [0.25, 0.3) is 0 Å². The Kier molecular flexibility index (Phi) is 9.00. The quantitative estimate of drug-likeness (QED) is 0.392. The molecule has 1 aliphatic rings. The molecule has 0 unspecified atom stereocenters. The maximum absolute atomic E-state index is 4.94. The highest BCUT2D eigenvalue weighted by Crippen LogP contribution is 2.29. The summed E-state index contributed by atoms with van der Waals surface area (Å²) in [4.78, 5) is 5.23. The van der Waals surface area contributed by atoms with Crippen LogP contribution in [0.1, 0.15) is 63.2 Å². The van der Waals surface area contributed by atoms with Crippen molar-refractivity contribution in [3.8, 4) is 0 Å². The van der Waals surface area contributed by atoms with Gasteiger partial charge in [0.05, 0.1) is 17.3 Å². The normalized spacial score (nSPS) is 15.8. The maximum Gasteiger partial charge on any atom is 0.0765 e. The predicted molar refractivity (Wildman–Crippen MR) is 150 cm³/mol. The van der Waals surface area contributed by atoms with Crippen LogP contribution in [0.2, 0.25) is 0 Å². The third-order valence-corrected chi connectivity index (χ3v) is 7.00. The average molecular weight is 488 g/mol. The molecule has 1 fully saturated rings. The SMILES string of the molecule is CC(C)Cc1cc(CNCCN2CCN(C(c3ccccc3)c3ccccc3)CC2)nn1C(C)(C)C. The van der Waals surface area contributed by atoms with E-state index in [1.54, 1.807) is 0 Å². The Hall–Kier alpha value is -2.47. The molecule has 2 aromatic carbocycles. The van der Waals surface area contributed by atoms with Crippen molar-refractivity contribution in [2.75, 3.05) is 39.3 Å². The first-order valence-electron chi connectivity index (χ1n) is 13.7. The lowest BCUT2D eigenvalue weighted by Crippen LogP contribution is -2.49. The van der Waals surface area contributed by atoms with Gasteiger partial charge in [-0.3, -0.25) is 14.5 Å². The molecule has 0 amide bonds. The molecule has 1 aromatic heterocycles. The van der Waals surface area contributed by atoms with Crippen molar-refractivity contribution >= 4 is 0 Å². The zero-order valence-electron chi connectivity index (χ0n) is 23.0. The van der Waals surface area contributed by atoms with E-state index < -0.39 is 0 Å². The molecule has 0 bridgehead atoms. The van der Waals surface area contributed by atoms with E-state index in [1.807, 2.05) is 0 Å². The van der Waals surface area contributed by atoms with Gasteiger partial charge in [-0.2, -0.15) is 5.10 Å². The summed E-state index contributed by atoms with van der Waals surface area (Å²) < 4.78 is 2.22. The van der Waals surface area contributed by atoms with Crippen LogP contribution in [0.15, 0.2) is 66.7 Å². The van der Waals surface area contributed by atoms with E-state index in [9.17, 15) is 0 Å². The second-order valence-electron chi connectivity index (χ2n) is 11.6. The van der Waals surface area contributed by atoms with Crippen LogP contribution in [-0.4, -0.2) is 58.8 Å². The van der Waals surface area contributed by atoms with Gasteiger partial charge in [0.2, 0.25) is 0 Å². The summed E-state index contributed by atoms with van der Waals surface area (Å²) in [6, 6.07) is 24.5. The van der Waals surface area contributed by atoms with Crippen molar-refractivity contribution in [3.63, 3.8) is 0 Å². The molecule has 3 aromatic rings. The minimum Gasteiger partial charge on any atom is -0.310 e. The number of aromatic nitrogens is 2. The Labute approximate surface area is 218 Å². The Bertz CT molecular complexity index is 1000. The van der Waals surface area contributed by atoms with Gasteiger partial charge in [-0.25, -0.2) is 0 Å². The van der Waals surface area contributed by atoms with Gasteiger partial charge in [0.1, 0.15) is 0 Å². The fourth-order valence-electron chi connectivity index (χ4n) is 5.29. The molecule has 5 nitrogen and oxygen atoms in total. The molecule has 2 heterocycles. The van der Waals surface area contributed by atoms with Crippen LogP contribution in [0, 0.1) is 5.92 Å². The third-order valence-electron chi connectivity index (χ3n) is 7.00. The lowest BCUT2D eigenvalue weighted by molar-refractivity contribution is 0.110. The van der Waals surface area contributed by atoms with Crippen molar-refractivity contribution in [1.82, 2.24) is 24.9 Å². The fourth-order valence-corrected chi connectivity index (χ4v) is 5.29. The molecule has 4 rings (SSSR count). The van der Waals surface area contributed by atoms with Crippen molar-refractivity contribution in [2.24, 2.45) is 5.92 Å². The Morgan fingerprint density at radius 2 is 1.44 bits per heavy atom. The van der Waals surface area contributed by atoms with Gasteiger partial charge in [-0.1, -0.05) is 74.5 Å². The molecule has 1 aliphatic heterocycles. The minimum atomic E-state index is 0.0134. The number of rotatable bonds is 10. The molecule has 194 valence electrons. The highest BCUT2D eigenvalue weighted by molar-refractivity contribution is 5.32. The van der Waals surface area contributed by atoms with E-state index in [1.165, 1.54) is 16.8 Å². The predicted octanol–water partition coefficient (Wildman–Crippen LogP) is 5.33. The summed E-state index contributed by atoms with van der Waals surface area (Å²) >= 11 is 0. The molecule has 0 spiro atoms. The minimum absolute atomic E-state index is 0.0134. The van der Waals surface area contributed by atoms with Gasteiger partial charge in [0, 0.05) is 51.5 Å². The molecule has 0 atom stereocenters. The molecule has 5 heteroatoms. The van der Waals surface area contributed by atoms with E-state index in [0.717, 1.165) is 57.9 Å². The van der Waals surface area contributed by atoms with Gasteiger partial charge >= 0.3 is 0 Å². The molecule has 0 radical (unpaired) electrons. The molecule has 1 saturated heterocycles. The first kappa shape index (κ1) is 26.6. The largest absolute Gasteiger partial charge is 0.310 e. The second-order valence-corrected chi connectivity index (χ2v) is 11.6. The summed E-state index contributed by atoms with van der Waals surface area (Å²) in [5.74, 6) is 0.630. The summed E-state index contributed by atoms with van der Waals surface area (Å²) in [6.07, 6.45) is 1.07. The summed E-state index contributed by atoms with van der Waals surface area (Å²) in [5, 5.41) is 8.59. The van der Waals surface area contributed by atoms with Crippen molar-refractivity contribution < 1.29 is 0 Å². The Morgan fingerprint density at radius 3 is 1.97 bits per heavy atom. The zero-order chi connectivity index (χ0) is 25.5. The van der Waals surface area contributed by atoms with Crippen LogP contribution in [0.4, 0.5) is 0 Å². The molecule has 0 saturated carbocycles. The number of nitrogens with one attached hydrogen (secondary N) is 1. The fraction of sp³-hybridized carbons (Fsp3) is 0.516. The van der Waals surface area contributed by atoms with Gasteiger partial charge < -0.3 is 5.32 Å². The number of hydrogen-bond acceptors (Lipinski definition) is 4. The summed E-state index contributed by atoms with van der Waals surface area (Å²) in [7, 11) is 0. The lowest BCUT2D eigenvalue weighted by atomic mass is 9.96. The van der Waals surface area contributed by atoms with E-state index in [-0.39, 0.29) is 5.54 Å². The Morgan fingerprint density at radius 1 is 0.861 bits per heavy atom. The van der Waals surface area contributed by atoms with Gasteiger partial charge in [-0.15, -0.1) is 0 Å². The van der Waals surface area contributed by atoms with Gasteiger partial charge in [-0.05, 0) is 50.3 Å². The highest BCUT2D eigenvalue weighted by atomic mass is 15.3. The standard InChI is InChI=1S/C31H45N5/c1-25(2)22-29-23-28(33-36(29)31(3,4)5)24-32-16-17-34-18-20-35(21-19-34)30(26-12-8-6-9-13-26)27-14-10-7-11-15-27/h6-15,23,25,30,32H,16-22,24H2,1-5H3. The van der Waals surface area contributed by atoms with Gasteiger partial charge in [0.25, 0.3) is 0 Å².